The van der Waals surface area contributed by atoms with Gasteiger partial charge < -0.3 is 16.2 Å². The molecule has 0 saturated carbocycles. The van der Waals surface area contributed by atoms with Gasteiger partial charge in [-0.1, -0.05) is 0 Å². The molecule has 4 N–H and O–H groups in total. The number of methoxy groups -OCH3 is 1. The minimum atomic E-state index is -0.212. The predicted molar refractivity (Wildman–Crippen MR) is 113 cm³/mol. The molecule has 3 heterocycles. The van der Waals surface area contributed by atoms with Crippen molar-refractivity contribution in [2.24, 2.45) is 0 Å². The van der Waals surface area contributed by atoms with Crippen LogP contribution in [-0.2, 0) is 0 Å². The Labute approximate surface area is 168 Å². The first kappa shape index (κ1) is 18.0. The Hall–Kier alpha value is -3.41. The summed E-state index contributed by atoms with van der Waals surface area (Å²) in [5.41, 5.74) is 14.9. The Morgan fingerprint density at radius 2 is 1.96 bits per heavy atom. The molecule has 6 nitrogen and oxygen atoms in total. The predicted octanol–water partition coefficient (Wildman–Crippen LogP) is 4.30. The summed E-state index contributed by atoms with van der Waals surface area (Å²) >= 11 is 2.68. The lowest BCUT2D eigenvalue weighted by atomic mass is 9.99. The Morgan fingerprint density at radius 1 is 1.21 bits per heavy atom. The molecule has 3 aromatic heterocycles. The maximum absolute atomic E-state index is 13.0. The fourth-order valence-electron chi connectivity index (χ4n) is 3.02. The molecule has 28 heavy (non-hydrogen) atoms. The van der Waals surface area contributed by atoms with Crippen LogP contribution in [0.3, 0.4) is 0 Å². The Bertz CT molecular complexity index is 1240. The zero-order chi connectivity index (χ0) is 19.8. The molecular weight excluding hydrogens is 392 g/mol. The summed E-state index contributed by atoms with van der Waals surface area (Å²) in [7, 11) is 1.57. The SMILES string of the molecule is COc1ccc(C(=O)c2sc3nc(N)c(C#N)c(-c4ccsc4)c3c2N)cc1. The molecule has 4 rings (SSSR count). The van der Waals surface area contributed by atoms with Gasteiger partial charge >= 0.3 is 0 Å². The van der Waals surface area contributed by atoms with Crippen molar-refractivity contribution < 1.29 is 9.53 Å². The second-order valence-corrected chi connectivity index (χ2v) is 7.73. The molecule has 0 radical (unpaired) electrons. The molecule has 1 aromatic carbocycles. The number of nitrogen functional groups attached to an aromatic ring is 2. The van der Waals surface area contributed by atoms with E-state index in [1.54, 1.807) is 31.4 Å². The molecule has 0 aliphatic rings. The highest BCUT2D eigenvalue weighted by atomic mass is 32.1. The highest BCUT2D eigenvalue weighted by Gasteiger charge is 2.25. The molecule has 0 spiro atoms. The number of ketones is 1. The third-order valence-corrected chi connectivity index (χ3v) is 6.17. The van der Waals surface area contributed by atoms with Gasteiger partial charge in [0.1, 0.15) is 32.9 Å². The van der Waals surface area contributed by atoms with Crippen molar-refractivity contribution in [2.45, 2.75) is 0 Å². The summed E-state index contributed by atoms with van der Waals surface area (Å²) in [5, 5.41) is 14.0. The van der Waals surface area contributed by atoms with Crippen molar-refractivity contribution in [3.8, 4) is 22.9 Å². The number of anilines is 2. The summed E-state index contributed by atoms with van der Waals surface area (Å²) in [5.74, 6) is 0.575. The number of rotatable bonds is 4. The van der Waals surface area contributed by atoms with Gasteiger partial charge in [-0.05, 0) is 46.7 Å². The van der Waals surface area contributed by atoms with Gasteiger partial charge in [0.15, 0.2) is 0 Å². The summed E-state index contributed by atoms with van der Waals surface area (Å²) in [6, 6.07) is 10.8. The van der Waals surface area contributed by atoms with E-state index in [2.05, 4.69) is 11.1 Å². The molecular formula is C20H14N4O2S2. The standard InChI is InChI=1S/C20H14N4O2S2/c1-26-12-4-2-10(3-5-12)17(25)18-16(22)15-14(11-6-7-27-9-11)13(8-21)19(23)24-20(15)28-18/h2-7,9H,22H2,1H3,(H2,23,24). The molecule has 0 unspecified atom stereocenters. The lowest BCUT2D eigenvalue weighted by Gasteiger charge is -2.07. The van der Waals surface area contributed by atoms with E-state index in [0.29, 0.717) is 37.7 Å². The number of benzene rings is 1. The van der Waals surface area contributed by atoms with Gasteiger partial charge in [0.2, 0.25) is 5.78 Å². The van der Waals surface area contributed by atoms with Crippen LogP contribution in [-0.4, -0.2) is 17.9 Å². The Kier molecular flexibility index (Phi) is 4.47. The number of carbonyl (C=O) groups is 1. The van der Waals surface area contributed by atoms with Crippen LogP contribution in [0, 0.1) is 11.3 Å². The second-order valence-electron chi connectivity index (χ2n) is 5.95. The first-order valence-corrected chi connectivity index (χ1v) is 9.94. The third kappa shape index (κ3) is 2.78. The highest BCUT2D eigenvalue weighted by molar-refractivity contribution is 7.21. The average Bonchev–Trinajstić information content (AvgIpc) is 3.35. The maximum atomic E-state index is 13.0. The molecule has 138 valence electrons. The number of hydrogen-bond donors (Lipinski definition) is 2. The minimum absolute atomic E-state index is 0.126. The van der Waals surface area contributed by atoms with E-state index in [1.807, 2.05) is 16.8 Å². The summed E-state index contributed by atoms with van der Waals surface area (Å²) in [6.07, 6.45) is 0. The molecule has 0 bridgehead atoms. The molecule has 0 saturated heterocycles. The third-order valence-electron chi connectivity index (χ3n) is 4.38. The van der Waals surface area contributed by atoms with Crippen molar-refractivity contribution in [3.05, 3.63) is 57.1 Å². The number of fused-ring (bicyclic) bond motifs is 1. The van der Waals surface area contributed by atoms with Gasteiger partial charge in [-0.15, -0.1) is 11.3 Å². The maximum Gasteiger partial charge on any atom is 0.205 e. The highest BCUT2D eigenvalue weighted by Crippen LogP contribution is 2.43. The summed E-state index contributed by atoms with van der Waals surface area (Å²) in [4.78, 5) is 18.3. The quantitative estimate of drug-likeness (QED) is 0.488. The van der Waals surface area contributed by atoms with Crippen LogP contribution in [0.2, 0.25) is 0 Å². The largest absolute Gasteiger partial charge is 0.497 e. The number of aromatic nitrogens is 1. The lowest BCUT2D eigenvalue weighted by molar-refractivity contribution is 0.104. The molecule has 0 atom stereocenters. The number of nitriles is 1. The van der Waals surface area contributed by atoms with Gasteiger partial charge in [0.25, 0.3) is 0 Å². The summed E-state index contributed by atoms with van der Waals surface area (Å²) in [6.45, 7) is 0. The fourth-order valence-corrected chi connectivity index (χ4v) is 4.74. The van der Waals surface area contributed by atoms with Gasteiger partial charge in [-0.25, -0.2) is 4.98 Å². The number of nitrogens with zero attached hydrogens (tertiary/aromatic N) is 2. The lowest BCUT2D eigenvalue weighted by Crippen LogP contribution is -2.02. The van der Waals surface area contributed by atoms with Crippen LogP contribution in [0.15, 0.2) is 41.1 Å². The van der Waals surface area contributed by atoms with Crippen LogP contribution in [0.25, 0.3) is 21.3 Å². The number of pyridine rings is 1. The second kappa shape index (κ2) is 6.96. The number of ether oxygens (including phenoxy) is 1. The van der Waals surface area contributed by atoms with Crippen molar-refractivity contribution in [2.75, 3.05) is 18.6 Å². The van der Waals surface area contributed by atoms with Gasteiger partial charge in [-0.3, -0.25) is 4.79 Å². The molecule has 4 aromatic rings. The Morgan fingerprint density at radius 3 is 2.57 bits per heavy atom. The zero-order valence-electron chi connectivity index (χ0n) is 14.7. The van der Waals surface area contributed by atoms with Crippen LogP contribution in [0.4, 0.5) is 11.5 Å². The number of carbonyl (C=O) groups excluding carboxylic acids is 1. The van der Waals surface area contributed by atoms with Gasteiger partial charge in [0.05, 0.1) is 12.8 Å². The zero-order valence-corrected chi connectivity index (χ0v) is 16.4. The topological polar surface area (TPSA) is 115 Å². The summed E-state index contributed by atoms with van der Waals surface area (Å²) < 4.78 is 5.14. The van der Waals surface area contributed by atoms with Crippen molar-refractivity contribution >= 4 is 50.2 Å². The van der Waals surface area contributed by atoms with E-state index >= 15 is 0 Å². The van der Waals surface area contributed by atoms with E-state index in [0.717, 1.165) is 5.56 Å². The fraction of sp³-hybridized carbons (Fsp3) is 0.0500. The first-order chi connectivity index (χ1) is 13.5. The van der Waals surface area contributed by atoms with Crippen LogP contribution >= 0.6 is 22.7 Å². The molecule has 0 aliphatic heterocycles. The van der Waals surface area contributed by atoms with E-state index < -0.39 is 0 Å². The first-order valence-electron chi connectivity index (χ1n) is 8.18. The van der Waals surface area contributed by atoms with Gasteiger partial charge in [0, 0.05) is 16.5 Å². The Balaban J connectivity index is 1.95. The molecule has 0 amide bonds. The molecule has 8 heteroatoms. The molecule has 0 aliphatic carbocycles. The normalized spacial score (nSPS) is 10.7. The molecule has 0 fully saturated rings. The monoisotopic (exact) mass is 406 g/mol. The average molecular weight is 406 g/mol. The van der Waals surface area contributed by atoms with Crippen molar-refractivity contribution in [1.29, 1.82) is 5.26 Å². The number of thiophene rings is 2. The van der Waals surface area contributed by atoms with Crippen molar-refractivity contribution in [3.63, 3.8) is 0 Å². The van der Waals surface area contributed by atoms with Crippen LogP contribution in [0.5, 0.6) is 5.75 Å². The number of hydrogen-bond acceptors (Lipinski definition) is 8. The number of nitrogens with two attached hydrogens (primary N) is 2. The van der Waals surface area contributed by atoms with E-state index in [1.165, 1.54) is 22.7 Å². The van der Waals surface area contributed by atoms with E-state index in [4.69, 9.17) is 16.2 Å². The van der Waals surface area contributed by atoms with E-state index in [-0.39, 0.29) is 17.2 Å². The smallest absolute Gasteiger partial charge is 0.205 e. The van der Waals surface area contributed by atoms with Crippen LogP contribution in [0.1, 0.15) is 20.8 Å². The van der Waals surface area contributed by atoms with Crippen LogP contribution < -0.4 is 16.2 Å². The minimum Gasteiger partial charge on any atom is -0.497 e. The van der Waals surface area contributed by atoms with E-state index in [9.17, 15) is 10.1 Å². The van der Waals surface area contributed by atoms with Crippen molar-refractivity contribution in [1.82, 2.24) is 4.98 Å². The van der Waals surface area contributed by atoms with Gasteiger partial charge in [-0.2, -0.15) is 16.6 Å².